The monoisotopic (exact) mass is 364 g/mol. The van der Waals surface area contributed by atoms with Gasteiger partial charge in [-0.2, -0.15) is 0 Å². The lowest BCUT2D eigenvalue weighted by Crippen LogP contribution is -2.42. The van der Waals surface area contributed by atoms with Crippen LogP contribution in [0.25, 0.3) is 0 Å². The molecule has 27 heavy (non-hydrogen) atoms. The predicted octanol–water partition coefficient (Wildman–Crippen LogP) is 5.54. The van der Waals surface area contributed by atoms with Crippen LogP contribution in [0.15, 0.2) is 54.6 Å². The van der Waals surface area contributed by atoms with Gasteiger partial charge in [-0.25, -0.2) is 4.79 Å². The maximum absolute atomic E-state index is 12.7. The SMILES string of the molecule is CC(C)[C@H]1CC[C@H](C)C[C@H]1O[C@]1(c2ccccc2)OC(=O)c2ccccc21. The Bertz CT molecular complexity index is 813. The van der Waals surface area contributed by atoms with E-state index in [9.17, 15) is 4.79 Å². The molecule has 2 aromatic carbocycles. The molecule has 0 saturated heterocycles. The van der Waals surface area contributed by atoms with Crippen molar-refractivity contribution in [2.24, 2.45) is 17.8 Å². The van der Waals surface area contributed by atoms with Gasteiger partial charge in [0.2, 0.25) is 0 Å². The molecule has 1 aliphatic carbocycles. The molecule has 0 radical (unpaired) electrons. The molecule has 0 amide bonds. The van der Waals surface area contributed by atoms with Crippen LogP contribution in [0, 0.1) is 17.8 Å². The van der Waals surface area contributed by atoms with Crippen LogP contribution >= 0.6 is 0 Å². The Morgan fingerprint density at radius 1 is 1.04 bits per heavy atom. The normalized spacial score (nSPS) is 30.2. The molecule has 0 spiro atoms. The average Bonchev–Trinajstić information content (AvgIpc) is 2.96. The Balaban J connectivity index is 1.80. The van der Waals surface area contributed by atoms with Gasteiger partial charge in [-0.15, -0.1) is 0 Å². The minimum Gasteiger partial charge on any atom is -0.420 e. The van der Waals surface area contributed by atoms with E-state index >= 15 is 0 Å². The number of benzene rings is 2. The van der Waals surface area contributed by atoms with Gasteiger partial charge in [-0.3, -0.25) is 0 Å². The second-order valence-corrected chi connectivity index (χ2v) is 8.40. The molecule has 1 saturated carbocycles. The van der Waals surface area contributed by atoms with E-state index in [2.05, 4.69) is 20.8 Å². The van der Waals surface area contributed by atoms with Crippen molar-refractivity contribution >= 4 is 5.97 Å². The fourth-order valence-electron chi connectivity index (χ4n) is 4.68. The minimum atomic E-state index is -1.15. The lowest BCUT2D eigenvalue weighted by atomic mass is 9.75. The molecule has 4 rings (SSSR count). The Morgan fingerprint density at radius 2 is 1.74 bits per heavy atom. The van der Waals surface area contributed by atoms with Crippen LogP contribution in [0.1, 0.15) is 61.5 Å². The van der Waals surface area contributed by atoms with Gasteiger partial charge in [0.15, 0.2) is 0 Å². The maximum Gasteiger partial charge on any atom is 0.341 e. The average molecular weight is 364 g/mol. The molecule has 1 fully saturated rings. The van der Waals surface area contributed by atoms with E-state index in [1.54, 1.807) is 0 Å². The van der Waals surface area contributed by atoms with Crippen molar-refractivity contribution in [3.8, 4) is 0 Å². The summed E-state index contributed by atoms with van der Waals surface area (Å²) in [6.45, 7) is 6.82. The number of carbonyl (C=O) groups is 1. The summed E-state index contributed by atoms with van der Waals surface area (Å²) in [4.78, 5) is 12.7. The summed E-state index contributed by atoms with van der Waals surface area (Å²) in [7, 11) is 0. The van der Waals surface area contributed by atoms with Crippen molar-refractivity contribution in [2.75, 3.05) is 0 Å². The smallest absolute Gasteiger partial charge is 0.341 e. The van der Waals surface area contributed by atoms with Gasteiger partial charge in [0.25, 0.3) is 5.79 Å². The van der Waals surface area contributed by atoms with Crippen molar-refractivity contribution in [1.29, 1.82) is 0 Å². The van der Waals surface area contributed by atoms with Crippen LogP contribution in [-0.4, -0.2) is 12.1 Å². The van der Waals surface area contributed by atoms with Gasteiger partial charge < -0.3 is 9.47 Å². The highest BCUT2D eigenvalue weighted by atomic mass is 16.7. The summed E-state index contributed by atoms with van der Waals surface area (Å²) in [6, 6.07) is 17.5. The molecule has 2 aliphatic rings. The van der Waals surface area contributed by atoms with Gasteiger partial charge in [0.05, 0.1) is 11.7 Å². The van der Waals surface area contributed by atoms with E-state index in [0.29, 0.717) is 23.3 Å². The molecule has 1 aliphatic heterocycles. The quantitative estimate of drug-likeness (QED) is 0.669. The van der Waals surface area contributed by atoms with Crippen LogP contribution in [0.4, 0.5) is 0 Å². The molecule has 3 nitrogen and oxygen atoms in total. The number of hydrogen-bond acceptors (Lipinski definition) is 3. The zero-order chi connectivity index (χ0) is 19.0. The molecular weight excluding hydrogens is 336 g/mol. The molecule has 1 heterocycles. The summed E-state index contributed by atoms with van der Waals surface area (Å²) in [6.07, 6.45) is 3.45. The molecule has 0 aromatic heterocycles. The van der Waals surface area contributed by atoms with Gasteiger partial charge in [-0.1, -0.05) is 75.7 Å². The summed E-state index contributed by atoms with van der Waals surface area (Å²) >= 11 is 0. The van der Waals surface area contributed by atoms with Crippen molar-refractivity contribution in [3.63, 3.8) is 0 Å². The Kier molecular flexibility index (Phi) is 4.81. The lowest BCUT2D eigenvalue weighted by molar-refractivity contribution is -0.226. The first-order chi connectivity index (χ1) is 13.0. The highest BCUT2D eigenvalue weighted by molar-refractivity contribution is 5.95. The molecule has 0 unspecified atom stereocenters. The standard InChI is InChI=1S/C24H28O3/c1-16(2)19-14-13-17(3)15-22(19)26-24(18-9-5-4-6-10-18)21-12-8-7-11-20(21)23(25)27-24/h4-12,16-17,19,22H,13-15H2,1-3H3/t17-,19+,22+,24+/m0/s1. The lowest BCUT2D eigenvalue weighted by Gasteiger charge is -2.42. The molecule has 0 bridgehead atoms. The Labute approximate surface area is 161 Å². The van der Waals surface area contributed by atoms with E-state index in [1.807, 2.05) is 54.6 Å². The molecule has 3 heteroatoms. The van der Waals surface area contributed by atoms with Crippen molar-refractivity contribution < 1.29 is 14.3 Å². The number of esters is 1. The van der Waals surface area contributed by atoms with E-state index in [4.69, 9.17) is 9.47 Å². The number of carbonyl (C=O) groups excluding carboxylic acids is 1. The molecule has 0 N–H and O–H groups in total. The van der Waals surface area contributed by atoms with Crippen molar-refractivity contribution in [1.82, 2.24) is 0 Å². The number of cyclic esters (lactones) is 1. The third-order valence-corrected chi connectivity index (χ3v) is 6.17. The van der Waals surface area contributed by atoms with Gasteiger partial charge in [0, 0.05) is 11.1 Å². The van der Waals surface area contributed by atoms with Crippen molar-refractivity contribution in [2.45, 2.75) is 51.9 Å². The van der Waals surface area contributed by atoms with Crippen molar-refractivity contribution in [3.05, 3.63) is 71.3 Å². The molecule has 2 aromatic rings. The topological polar surface area (TPSA) is 35.5 Å². The molecular formula is C24H28O3. The van der Waals surface area contributed by atoms with Crippen LogP contribution in [-0.2, 0) is 15.3 Å². The van der Waals surface area contributed by atoms with Crippen LogP contribution in [0.5, 0.6) is 0 Å². The van der Waals surface area contributed by atoms with Crippen LogP contribution in [0.3, 0.4) is 0 Å². The van der Waals surface area contributed by atoms with E-state index < -0.39 is 5.79 Å². The summed E-state index contributed by atoms with van der Waals surface area (Å²) in [5, 5.41) is 0. The fraction of sp³-hybridized carbons (Fsp3) is 0.458. The largest absolute Gasteiger partial charge is 0.420 e. The second kappa shape index (κ2) is 7.12. The number of fused-ring (bicyclic) bond motifs is 1. The second-order valence-electron chi connectivity index (χ2n) is 8.40. The first kappa shape index (κ1) is 18.2. The van der Waals surface area contributed by atoms with Crippen LogP contribution < -0.4 is 0 Å². The third-order valence-electron chi connectivity index (χ3n) is 6.17. The summed E-state index contributed by atoms with van der Waals surface area (Å²) in [5.74, 6) is 0.157. The van der Waals surface area contributed by atoms with Gasteiger partial charge in [0.1, 0.15) is 0 Å². The Hall–Kier alpha value is -2.13. The fourth-order valence-corrected chi connectivity index (χ4v) is 4.68. The van der Waals surface area contributed by atoms with Gasteiger partial charge in [-0.05, 0) is 36.7 Å². The van der Waals surface area contributed by atoms with E-state index in [-0.39, 0.29) is 12.1 Å². The number of rotatable bonds is 4. The van der Waals surface area contributed by atoms with E-state index in [0.717, 1.165) is 24.0 Å². The number of ether oxygens (including phenoxy) is 2. The first-order valence-corrected chi connectivity index (χ1v) is 10.1. The van der Waals surface area contributed by atoms with Crippen LogP contribution in [0.2, 0.25) is 0 Å². The predicted molar refractivity (Wildman–Crippen MR) is 105 cm³/mol. The maximum atomic E-state index is 12.7. The van der Waals surface area contributed by atoms with E-state index in [1.165, 1.54) is 6.42 Å². The third kappa shape index (κ3) is 3.19. The zero-order valence-corrected chi connectivity index (χ0v) is 16.4. The highest BCUT2D eigenvalue weighted by Gasteiger charge is 2.51. The summed E-state index contributed by atoms with van der Waals surface area (Å²) < 4.78 is 12.8. The minimum absolute atomic E-state index is 0.0629. The molecule has 142 valence electrons. The van der Waals surface area contributed by atoms with Gasteiger partial charge >= 0.3 is 5.97 Å². The first-order valence-electron chi connectivity index (χ1n) is 10.1. The zero-order valence-electron chi connectivity index (χ0n) is 16.4. The molecule has 4 atom stereocenters. The summed E-state index contributed by atoms with van der Waals surface area (Å²) in [5.41, 5.74) is 2.30. The Morgan fingerprint density at radius 3 is 2.48 bits per heavy atom. The number of hydrogen-bond donors (Lipinski definition) is 0. The highest BCUT2D eigenvalue weighted by Crippen LogP contribution is 2.47.